The highest BCUT2D eigenvalue weighted by Crippen LogP contribution is 2.25. The molecule has 4 nitrogen and oxygen atoms in total. The second kappa shape index (κ2) is 8.44. The summed E-state index contributed by atoms with van der Waals surface area (Å²) >= 11 is 0. The van der Waals surface area contributed by atoms with Gasteiger partial charge >= 0.3 is 0 Å². The first-order valence-corrected chi connectivity index (χ1v) is 8.38. The Hall–Kier alpha value is -3.66. The molecule has 0 saturated heterocycles. The van der Waals surface area contributed by atoms with Crippen LogP contribution in [0.2, 0.25) is 0 Å². The Balaban J connectivity index is 0.000000123. The average Bonchev–Trinajstić information content (AvgIpc) is 3.40. The smallest absolute Gasteiger partial charge is 0.0627 e. The van der Waals surface area contributed by atoms with E-state index in [9.17, 15) is 0 Å². The van der Waals surface area contributed by atoms with Gasteiger partial charge in [0.2, 0.25) is 0 Å². The fourth-order valence-electron chi connectivity index (χ4n) is 2.59. The van der Waals surface area contributed by atoms with E-state index in [0.29, 0.717) is 11.4 Å². The summed E-state index contributed by atoms with van der Waals surface area (Å²) in [5.41, 5.74) is 14.0. The molecule has 0 saturated carbocycles. The van der Waals surface area contributed by atoms with Gasteiger partial charge in [-0.3, -0.25) is 0 Å². The number of para-hydroxylation sites is 1. The van der Waals surface area contributed by atoms with E-state index < -0.39 is 0 Å². The van der Waals surface area contributed by atoms with E-state index in [2.05, 4.69) is 28.2 Å². The van der Waals surface area contributed by atoms with E-state index in [0.717, 1.165) is 10.8 Å². The summed E-state index contributed by atoms with van der Waals surface area (Å²) in [5, 5.41) is 3.43. The fraction of sp³-hybridized carbons (Fsp3) is 0. The molecule has 26 heavy (non-hydrogen) atoms. The molecule has 0 bridgehead atoms. The van der Waals surface area contributed by atoms with Crippen LogP contribution >= 0.6 is 0 Å². The molecule has 0 spiro atoms. The number of aromatic nitrogens is 2. The summed E-state index contributed by atoms with van der Waals surface area (Å²) < 4.78 is 0. The molecule has 5 rings (SSSR count). The number of aromatic amines is 2. The number of hydrogen-bond acceptors (Lipinski definition) is 2. The van der Waals surface area contributed by atoms with E-state index in [1.54, 1.807) is 0 Å². The van der Waals surface area contributed by atoms with Crippen molar-refractivity contribution in [1.82, 2.24) is 9.97 Å². The Bertz CT molecular complexity index is 1010. The van der Waals surface area contributed by atoms with Crippen LogP contribution in [0.5, 0.6) is 0 Å². The summed E-state index contributed by atoms with van der Waals surface area (Å²) in [6.07, 6.45) is 5.70. The molecule has 5 aromatic rings. The van der Waals surface area contributed by atoms with Crippen molar-refractivity contribution in [3.8, 4) is 0 Å². The zero-order valence-electron chi connectivity index (χ0n) is 14.4. The van der Waals surface area contributed by atoms with Crippen LogP contribution in [-0.2, 0) is 0 Å². The summed E-state index contributed by atoms with van der Waals surface area (Å²) in [7, 11) is 0. The standard InChI is InChI=1S/C10H10N2.C8H7N.C4H5N/c11-9-6-5-7-3-1-2-4-8(7)10(9)12;1-2-4-8-7(3-1)5-6-9-8;1-2-4-5-3-1/h1-6H,11-12H2;1-6,9H;1-5H. The topological polar surface area (TPSA) is 83.6 Å². The zero-order valence-corrected chi connectivity index (χ0v) is 14.4. The molecule has 0 radical (unpaired) electrons. The van der Waals surface area contributed by atoms with E-state index in [1.807, 2.05) is 79.3 Å². The number of hydrogen-bond donors (Lipinski definition) is 4. The molecule has 2 aromatic heterocycles. The summed E-state index contributed by atoms with van der Waals surface area (Å²) in [6.45, 7) is 0. The Morgan fingerprint density at radius 1 is 0.577 bits per heavy atom. The van der Waals surface area contributed by atoms with Crippen molar-refractivity contribution in [2.24, 2.45) is 0 Å². The number of nitrogens with two attached hydrogens (primary N) is 2. The number of benzene rings is 3. The van der Waals surface area contributed by atoms with Crippen LogP contribution in [0.1, 0.15) is 0 Å². The summed E-state index contributed by atoms with van der Waals surface area (Å²) in [6, 6.07) is 25.9. The first kappa shape index (κ1) is 17.2. The van der Waals surface area contributed by atoms with Gasteiger partial charge in [-0.05, 0) is 41.1 Å². The highest BCUT2D eigenvalue weighted by atomic mass is 14.7. The fourth-order valence-corrected chi connectivity index (χ4v) is 2.59. The molecule has 0 aliphatic heterocycles. The van der Waals surface area contributed by atoms with Gasteiger partial charge in [0, 0.05) is 29.5 Å². The van der Waals surface area contributed by atoms with Crippen molar-refractivity contribution < 1.29 is 0 Å². The predicted molar refractivity (Wildman–Crippen MR) is 112 cm³/mol. The van der Waals surface area contributed by atoms with Crippen LogP contribution in [0.25, 0.3) is 21.7 Å². The minimum Gasteiger partial charge on any atom is -0.397 e. The third-order valence-corrected chi connectivity index (χ3v) is 3.96. The van der Waals surface area contributed by atoms with Crippen molar-refractivity contribution in [2.45, 2.75) is 0 Å². The van der Waals surface area contributed by atoms with Crippen LogP contribution in [0.3, 0.4) is 0 Å². The van der Waals surface area contributed by atoms with Crippen LogP contribution in [0.15, 0.2) is 97.5 Å². The minimum atomic E-state index is 0.647. The van der Waals surface area contributed by atoms with Gasteiger partial charge in [-0.15, -0.1) is 0 Å². The second-order valence-electron chi connectivity index (χ2n) is 5.74. The molecule has 0 atom stereocenters. The monoisotopic (exact) mass is 342 g/mol. The Labute approximate surface area is 152 Å². The lowest BCUT2D eigenvalue weighted by Crippen LogP contribution is -1.94. The van der Waals surface area contributed by atoms with Gasteiger partial charge in [-0.1, -0.05) is 48.5 Å². The van der Waals surface area contributed by atoms with Crippen molar-refractivity contribution >= 4 is 33.1 Å². The Morgan fingerprint density at radius 3 is 1.96 bits per heavy atom. The highest BCUT2D eigenvalue weighted by Gasteiger charge is 1.98. The van der Waals surface area contributed by atoms with Crippen molar-refractivity contribution in [2.75, 3.05) is 11.5 Å². The maximum absolute atomic E-state index is 5.79. The molecule has 3 aromatic carbocycles. The van der Waals surface area contributed by atoms with Gasteiger partial charge in [0.05, 0.1) is 11.4 Å². The Kier molecular flexibility index (Phi) is 5.58. The number of fused-ring (bicyclic) bond motifs is 2. The lowest BCUT2D eigenvalue weighted by molar-refractivity contribution is 1.42. The quantitative estimate of drug-likeness (QED) is 0.292. The molecule has 4 heteroatoms. The minimum absolute atomic E-state index is 0.647. The molecule has 0 aliphatic carbocycles. The van der Waals surface area contributed by atoms with Gasteiger partial charge in [-0.25, -0.2) is 0 Å². The maximum atomic E-state index is 5.79. The van der Waals surface area contributed by atoms with Crippen LogP contribution in [-0.4, -0.2) is 9.97 Å². The van der Waals surface area contributed by atoms with Crippen molar-refractivity contribution in [1.29, 1.82) is 0 Å². The molecular weight excluding hydrogens is 320 g/mol. The highest BCUT2D eigenvalue weighted by molar-refractivity contribution is 5.98. The van der Waals surface area contributed by atoms with E-state index >= 15 is 0 Å². The first-order chi connectivity index (χ1) is 12.8. The lowest BCUT2D eigenvalue weighted by Gasteiger charge is -2.03. The van der Waals surface area contributed by atoms with E-state index in [1.165, 1.54) is 10.9 Å². The zero-order chi connectivity index (χ0) is 18.2. The van der Waals surface area contributed by atoms with Gasteiger partial charge in [0.15, 0.2) is 0 Å². The number of nitrogen functional groups attached to an aromatic ring is 2. The van der Waals surface area contributed by atoms with Crippen LogP contribution in [0.4, 0.5) is 11.4 Å². The largest absolute Gasteiger partial charge is 0.397 e. The SMILES string of the molecule is Nc1ccc2ccccc2c1N.c1cc[nH]c1.c1ccc2[nH]ccc2c1. The van der Waals surface area contributed by atoms with E-state index in [4.69, 9.17) is 11.5 Å². The number of rotatable bonds is 0. The van der Waals surface area contributed by atoms with Crippen LogP contribution < -0.4 is 11.5 Å². The molecular formula is C22H22N4. The van der Waals surface area contributed by atoms with Crippen molar-refractivity contribution in [3.05, 3.63) is 97.5 Å². The van der Waals surface area contributed by atoms with Crippen LogP contribution in [0, 0.1) is 0 Å². The number of nitrogens with one attached hydrogen (secondary N) is 2. The van der Waals surface area contributed by atoms with Gasteiger partial charge < -0.3 is 21.4 Å². The first-order valence-electron chi connectivity index (χ1n) is 8.38. The number of H-pyrrole nitrogens is 2. The Morgan fingerprint density at radius 2 is 1.27 bits per heavy atom. The lowest BCUT2D eigenvalue weighted by atomic mass is 10.1. The summed E-state index contributed by atoms with van der Waals surface area (Å²) in [4.78, 5) is 5.98. The second-order valence-corrected chi connectivity index (χ2v) is 5.74. The van der Waals surface area contributed by atoms with Gasteiger partial charge in [0.25, 0.3) is 0 Å². The predicted octanol–water partition coefficient (Wildman–Crippen LogP) is 5.19. The molecule has 0 amide bonds. The molecule has 130 valence electrons. The molecule has 0 aliphatic rings. The third kappa shape index (κ3) is 4.24. The summed E-state index contributed by atoms with van der Waals surface area (Å²) in [5.74, 6) is 0. The molecule has 6 N–H and O–H groups in total. The third-order valence-electron chi connectivity index (χ3n) is 3.96. The normalized spacial score (nSPS) is 9.85. The van der Waals surface area contributed by atoms with E-state index in [-0.39, 0.29) is 0 Å². The maximum Gasteiger partial charge on any atom is 0.0627 e. The average molecular weight is 342 g/mol. The molecule has 2 heterocycles. The molecule has 0 unspecified atom stereocenters. The van der Waals surface area contributed by atoms with Gasteiger partial charge in [0.1, 0.15) is 0 Å². The molecule has 0 fully saturated rings. The number of anilines is 2. The van der Waals surface area contributed by atoms with Crippen molar-refractivity contribution in [3.63, 3.8) is 0 Å². The van der Waals surface area contributed by atoms with Gasteiger partial charge in [-0.2, -0.15) is 0 Å².